The van der Waals surface area contributed by atoms with Gasteiger partial charge in [0.15, 0.2) is 0 Å². The number of thiazole rings is 1. The van der Waals surface area contributed by atoms with E-state index in [1.54, 1.807) is 34.6 Å². The van der Waals surface area contributed by atoms with E-state index in [-0.39, 0.29) is 17.8 Å². The summed E-state index contributed by atoms with van der Waals surface area (Å²) in [6.07, 6.45) is 10.6. The van der Waals surface area contributed by atoms with Gasteiger partial charge in [0.1, 0.15) is 5.60 Å². The Balaban J connectivity index is 0.000000572. The second-order valence-electron chi connectivity index (χ2n) is 10.5. The molecular weight excluding hydrogens is 550 g/mol. The van der Waals surface area contributed by atoms with Crippen molar-refractivity contribution in [3.05, 3.63) is 47.4 Å². The Bertz CT molecular complexity index is 1180. The van der Waals surface area contributed by atoms with Gasteiger partial charge in [-0.1, -0.05) is 32.1 Å². The Morgan fingerprint density at radius 2 is 1.65 bits per heavy atom. The average molecular weight is 587 g/mol. The van der Waals surface area contributed by atoms with Crippen molar-refractivity contribution in [2.75, 3.05) is 13.1 Å². The molecule has 0 spiro atoms. The van der Waals surface area contributed by atoms with Gasteiger partial charge < -0.3 is 0 Å². The van der Waals surface area contributed by atoms with Gasteiger partial charge in [0, 0.05) is 0 Å². The minimum atomic E-state index is -0.501. The molecule has 0 bridgehead atoms. The summed E-state index contributed by atoms with van der Waals surface area (Å²) >= 11 is 2.99. The molecule has 1 atom stereocenters. The van der Waals surface area contributed by atoms with E-state index in [0.717, 1.165) is 44.3 Å². The Kier molecular flexibility index (Phi) is 9.35. The van der Waals surface area contributed by atoms with Crippen LogP contribution in [0, 0.1) is 5.82 Å². The van der Waals surface area contributed by atoms with Crippen molar-refractivity contribution in [2.45, 2.75) is 77.2 Å². The number of amides is 1. The maximum absolute atomic E-state index is 13.5. The molecule has 1 aliphatic carbocycles. The Morgan fingerprint density at radius 1 is 1.03 bits per heavy atom. The topological polar surface area (TPSA) is 68.2 Å². The molecule has 2 fully saturated rings. The standard InChI is InChI=1S/C23H26AsFN4O2S.C5H10/c1-23(2,3)31-22(30)29-12-9-15(10-13-29)20-28-18(14-4-6-16(25)7-5-14)19(32-20)17-8-11-26-21(24)27-17;1-2-4-5-3-1/h4-8,11,15H,9-10,12-13,24H2,1-3H3;1-5H2. The van der Waals surface area contributed by atoms with E-state index in [4.69, 9.17) is 9.72 Å². The van der Waals surface area contributed by atoms with Gasteiger partial charge in [0.25, 0.3) is 0 Å². The second kappa shape index (κ2) is 12.5. The molecule has 3 heterocycles. The number of hydrogen-bond donors (Lipinski definition) is 0. The molecule has 198 valence electrons. The summed E-state index contributed by atoms with van der Waals surface area (Å²) in [5, 5.41) is 1.02. The Hall–Kier alpha value is -2.31. The van der Waals surface area contributed by atoms with Gasteiger partial charge in [-0.25, -0.2) is 0 Å². The van der Waals surface area contributed by atoms with Crippen molar-refractivity contribution in [2.24, 2.45) is 0 Å². The molecule has 2 aliphatic rings. The van der Waals surface area contributed by atoms with Gasteiger partial charge in [-0.15, -0.1) is 0 Å². The summed E-state index contributed by atoms with van der Waals surface area (Å²) < 4.78 is 19.8. The van der Waals surface area contributed by atoms with Crippen LogP contribution in [-0.4, -0.2) is 61.5 Å². The SMILES string of the molecule is C1CCCC1.CC(C)(C)OC(=O)N1CCC(c2nc(-c3ccc(F)cc3)c(-c3ccnc([AsH2])n3)s2)CC1. The monoisotopic (exact) mass is 586 g/mol. The van der Waals surface area contributed by atoms with Crippen molar-refractivity contribution < 1.29 is 13.9 Å². The van der Waals surface area contributed by atoms with Crippen LogP contribution in [0.5, 0.6) is 0 Å². The number of piperidine rings is 1. The molecule has 37 heavy (non-hydrogen) atoms. The Labute approximate surface area is 231 Å². The van der Waals surface area contributed by atoms with E-state index in [9.17, 15) is 9.18 Å². The van der Waals surface area contributed by atoms with Crippen LogP contribution in [0.4, 0.5) is 9.18 Å². The minimum absolute atomic E-state index is 0.249. The first-order valence-electron chi connectivity index (χ1n) is 13.0. The van der Waals surface area contributed by atoms with Crippen LogP contribution in [0.25, 0.3) is 21.8 Å². The van der Waals surface area contributed by atoms with Gasteiger partial charge in [0.05, 0.1) is 0 Å². The Morgan fingerprint density at radius 3 is 2.22 bits per heavy atom. The van der Waals surface area contributed by atoms with Crippen LogP contribution >= 0.6 is 11.3 Å². The van der Waals surface area contributed by atoms with Crippen molar-refractivity contribution >= 4 is 38.9 Å². The van der Waals surface area contributed by atoms with Crippen molar-refractivity contribution in [3.8, 4) is 21.8 Å². The first-order valence-corrected chi connectivity index (χ1v) is 15.1. The average Bonchev–Trinajstić information content (AvgIpc) is 3.58. The van der Waals surface area contributed by atoms with Gasteiger partial charge >= 0.3 is 174 Å². The fraction of sp³-hybridized carbons (Fsp3) is 0.500. The molecule has 1 saturated heterocycles. The molecule has 1 aliphatic heterocycles. The predicted octanol–water partition coefficient (Wildman–Crippen LogP) is 5.73. The van der Waals surface area contributed by atoms with Gasteiger partial charge in [-0.2, -0.15) is 0 Å². The summed E-state index contributed by atoms with van der Waals surface area (Å²) in [6.45, 7) is 6.90. The van der Waals surface area contributed by atoms with Crippen LogP contribution in [0.3, 0.4) is 0 Å². The molecule has 6 nitrogen and oxygen atoms in total. The molecule has 0 N–H and O–H groups in total. The summed E-state index contributed by atoms with van der Waals surface area (Å²) in [5.41, 5.74) is 2.00. The summed E-state index contributed by atoms with van der Waals surface area (Å²) in [5.74, 6) is -0.0281. The number of aromatic nitrogens is 3. The first kappa shape index (κ1) is 27.7. The number of benzene rings is 1. The molecule has 2 aromatic heterocycles. The van der Waals surface area contributed by atoms with Gasteiger partial charge in [-0.05, 0) is 20.8 Å². The molecule has 1 unspecified atom stereocenters. The fourth-order valence-electron chi connectivity index (χ4n) is 4.51. The quantitative estimate of drug-likeness (QED) is 0.367. The normalized spacial score (nSPS) is 16.3. The third-order valence-electron chi connectivity index (χ3n) is 6.41. The van der Waals surface area contributed by atoms with Gasteiger partial charge in [0.2, 0.25) is 0 Å². The molecule has 5 rings (SSSR count). The maximum atomic E-state index is 13.5. The third kappa shape index (κ3) is 7.84. The number of carbonyl (C=O) groups is 1. The van der Waals surface area contributed by atoms with E-state index in [1.165, 1.54) is 61.1 Å². The summed E-state index contributed by atoms with van der Waals surface area (Å²) in [6, 6.07) is 8.29. The molecular formula is C28H36AsFN4O2S. The zero-order chi connectivity index (χ0) is 26.4. The van der Waals surface area contributed by atoms with Crippen LogP contribution in [0.15, 0.2) is 36.5 Å². The van der Waals surface area contributed by atoms with E-state index in [2.05, 4.69) is 9.97 Å². The number of rotatable bonds is 3. The third-order valence-corrected chi connectivity index (χ3v) is 8.24. The number of carbonyl (C=O) groups excluding carboxylic acids is 1. The zero-order valence-electron chi connectivity index (χ0n) is 21.9. The fourth-order valence-corrected chi connectivity index (χ4v) is 6.21. The van der Waals surface area contributed by atoms with Crippen molar-refractivity contribution in [1.29, 1.82) is 0 Å². The molecule has 1 saturated carbocycles. The van der Waals surface area contributed by atoms with Crippen LogP contribution in [-0.2, 0) is 4.74 Å². The molecule has 1 aromatic carbocycles. The van der Waals surface area contributed by atoms with Crippen LogP contribution < -0.4 is 4.61 Å². The molecule has 9 heteroatoms. The van der Waals surface area contributed by atoms with E-state index in [1.807, 2.05) is 26.8 Å². The van der Waals surface area contributed by atoms with E-state index >= 15 is 0 Å². The van der Waals surface area contributed by atoms with E-state index in [0.29, 0.717) is 13.1 Å². The molecule has 0 radical (unpaired) electrons. The number of halogens is 1. The van der Waals surface area contributed by atoms with Crippen LogP contribution in [0.1, 0.15) is 76.6 Å². The second-order valence-corrected chi connectivity index (χ2v) is 12.7. The summed E-state index contributed by atoms with van der Waals surface area (Å²) in [4.78, 5) is 28.9. The van der Waals surface area contributed by atoms with Gasteiger partial charge in [-0.3, -0.25) is 0 Å². The zero-order valence-corrected chi connectivity index (χ0v) is 25.1. The molecule has 1 amide bonds. The first-order chi connectivity index (χ1) is 17.7. The van der Waals surface area contributed by atoms with E-state index < -0.39 is 5.60 Å². The predicted molar refractivity (Wildman–Crippen MR) is 150 cm³/mol. The number of nitrogens with zero attached hydrogens (tertiary/aromatic N) is 4. The van der Waals surface area contributed by atoms with Crippen LogP contribution in [0.2, 0.25) is 0 Å². The van der Waals surface area contributed by atoms with Crippen molar-refractivity contribution in [1.82, 2.24) is 19.9 Å². The molecule has 3 aromatic rings. The number of likely N-dealkylation sites (tertiary alicyclic amines) is 1. The number of hydrogen-bond acceptors (Lipinski definition) is 6. The number of ether oxygens (including phenoxy) is 1. The summed E-state index contributed by atoms with van der Waals surface area (Å²) in [7, 11) is 0. The van der Waals surface area contributed by atoms with Crippen molar-refractivity contribution in [3.63, 3.8) is 0 Å².